The average Bonchev–Trinajstić information content (AvgIpc) is 3.31. The molecule has 1 fully saturated rings. The SMILES string of the molecule is CCCCCCCCCCCCC/C=C/[C@@H](OC(=O)c1ccccc1)[C@H](CO[C@@]1(C)O[C@H](COC(=O)O)[C@H](OC(=O)O)[C@H](OC(C)=O)[C@H]1OC(C)=O)NC(=O)CCCCCCCCCCCCCCC. The standard InChI is InChI=1S/C54H87NO15/c1-6-8-10-12-14-16-18-20-22-24-26-28-33-37-45(68-51(59)43-35-31-30-32-36-43)44(55-47(58)38-34-29-27-25-23-21-19-17-15-13-11-9-7-2)39-65-54(5)50(67-42(4)57)49(66-41(3)56)48(69-53(62)63)46(70-54)40-64-52(60)61/h30-33,35-37,44-46,48-50H,6-29,34,38-40H2,1-5H3,(H,55,58)(H,60,61)(H,62,63)/b37-33+/t44-,45+,46+,48-,49-,50+,54-/m0/s1. The molecule has 0 saturated carbocycles. The van der Waals surface area contributed by atoms with Crippen molar-refractivity contribution in [3.05, 3.63) is 48.0 Å². The molecule has 0 spiro atoms. The molecule has 1 aromatic carbocycles. The maximum absolute atomic E-state index is 13.8. The van der Waals surface area contributed by atoms with Crippen molar-refractivity contribution in [1.82, 2.24) is 5.32 Å². The number of rotatable bonds is 39. The van der Waals surface area contributed by atoms with Gasteiger partial charge in [0.25, 0.3) is 0 Å². The van der Waals surface area contributed by atoms with Crippen molar-refractivity contribution in [2.45, 2.75) is 244 Å². The van der Waals surface area contributed by atoms with Crippen molar-refractivity contribution in [1.29, 1.82) is 0 Å². The summed E-state index contributed by atoms with van der Waals surface area (Å²) in [6.07, 6.45) is 21.0. The molecule has 1 heterocycles. The molecular formula is C54H87NO15. The van der Waals surface area contributed by atoms with Gasteiger partial charge < -0.3 is 48.7 Å². The molecule has 16 heteroatoms. The minimum Gasteiger partial charge on any atom is -0.454 e. The van der Waals surface area contributed by atoms with Crippen LogP contribution in [0, 0.1) is 0 Å². The number of amides is 1. The van der Waals surface area contributed by atoms with Crippen molar-refractivity contribution in [3.63, 3.8) is 0 Å². The largest absolute Gasteiger partial charge is 0.506 e. The molecule has 1 amide bonds. The number of hydrogen-bond acceptors (Lipinski definition) is 13. The van der Waals surface area contributed by atoms with E-state index < -0.39 is 85.8 Å². The molecule has 3 N–H and O–H groups in total. The maximum Gasteiger partial charge on any atom is 0.506 e. The van der Waals surface area contributed by atoms with E-state index in [1.807, 2.05) is 6.08 Å². The van der Waals surface area contributed by atoms with Gasteiger partial charge in [-0.25, -0.2) is 14.4 Å². The zero-order valence-electron chi connectivity index (χ0n) is 43.0. The second kappa shape index (κ2) is 37.1. The van der Waals surface area contributed by atoms with Crippen LogP contribution in [0.1, 0.15) is 212 Å². The van der Waals surface area contributed by atoms with Crippen LogP contribution in [-0.4, -0.2) is 102 Å². The highest BCUT2D eigenvalue weighted by atomic mass is 16.8. The van der Waals surface area contributed by atoms with Crippen LogP contribution < -0.4 is 5.32 Å². The quantitative estimate of drug-likeness (QED) is 0.0242. The predicted octanol–water partition coefficient (Wildman–Crippen LogP) is 12.2. The van der Waals surface area contributed by atoms with E-state index in [1.54, 1.807) is 36.4 Å². The van der Waals surface area contributed by atoms with E-state index in [1.165, 1.54) is 110 Å². The lowest BCUT2D eigenvalue weighted by Gasteiger charge is -2.49. The van der Waals surface area contributed by atoms with Crippen LogP contribution in [0.15, 0.2) is 42.5 Å². The molecule has 0 radical (unpaired) electrons. The summed E-state index contributed by atoms with van der Waals surface area (Å²) >= 11 is 0. The second-order valence-electron chi connectivity index (χ2n) is 18.7. The Morgan fingerprint density at radius 1 is 0.657 bits per heavy atom. The van der Waals surface area contributed by atoms with Crippen molar-refractivity contribution >= 4 is 36.1 Å². The first-order valence-electron chi connectivity index (χ1n) is 26.3. The van der Waals surface area contributed by atoms with Crippen LogP contribution in [0.25, 0.3) is 0 Å². The summed E-state index contributed by atoms with van der Waals surface area (Å²) in [5.41, 5.74) is 0.275. The fraction of sp³-hybridized carbons (Fsp3) is 0.741. The zero-order valence-corrected chi connectivity index (χ0v) is 43.0. The number of allylic oxidation sites excluding steroid dienone is 1. The number of carboxylic acid groups (broad SMARTS) is 2. The van der Waals surface area contributed by atoms with Crippen LogP contribution in [0.5, 0.6) is 0 Å². The van der Waals surface area contributed by atoms with E-state index in [-0.39, 0.29) is 17.9 Å². The highest BCUT2D eigenvalue weighted by Crippen LogP contribution is 2.37. The van der Waals surface area contributed by atoms with E-state index >= 15 is 0 Å². The second-order valence-corrected chi connectivity index (χ2v) is 18.7. The summed E-state index contributed by atoms with van der Waals surface area (Å²) in [4.78, 5) is 76.1. The van der Waals surface area contributed by atoms with Crippen LogP contribution in [0.4, 0.5) is 9.59 Å². The van der Waals surface area contributed by atoms with Crippen LogP contribution in [0.3, 0.4) is 0 Å². The molecule has 398 valence electrons. The number of nitrogens with one attached hydrogen (secondary N) is 1. The smallest absolute Gasteiger partial charge is 0.454 e. The average molecular weight is 990 g/mol. The Kier molecular flexibility index (Phi) is 32.6. The van der Waals surface area contributed by atoms with Crippen LogP contribution in [0.2, 0.25) is 0 Å². The van der Waals surface area contributed by atoms with Crippen molar-refractivity contribution < 1.29 is 72.1 Å². The summed E-state index contributed by atoms with van der Waals surface area (Å²) in [5, 5.41) is 22.0. The van der Waals surface area contributed by atoms with Crippen LogP contribution in [-0.2, 0) is 47.5 Å². The van der Waals surface area contributed by atoms with E-state index in [9.17, 15) is 39.0 Å². The highest BCUT2D eigenvalue weighted by Gasteiger charge is 2.59. The van der Waals surface area contributed by atoms with Gasteiger partial charge in [0.05, 0.1) is 18.2 Å². The first-order valence-corrected chi connectivity index (χ1v) is 26.3. The summed E-state index contributed by atoms with van der Waals surface area (Å²) in [6, 6.07) is 7.31. The molecule has 0 aromatic heterocycles. The molecule has 1 saturated heterocycles. The van der Waals surface area contributed by atoms with Gasteiger partial charge in [0.15, 0.2) is 18.3 Å². The third-order valence-electron chi connectivity index (χ3n) is 12.4. The van der Waals surface area contributed by atoms with Gasteiger partial charge in [-0.2, -0.15) is 0 Å². The van der Waals surface area contributed by atoms with E-state index in [4.69, 9.17) is 33.2 Å². The number of carbonyl (C=O) groups excluding carboxylic acids is 4. The first kappa shape index (κ1) is 61.4. The third-order valence-corrected chi connectivity index (χ3v) is 12.4. The number of unbranched alkanes of at least 4 members (excludes halogenated alkanes) is 23. The molecule has 2 rings (SSSR count). The Labute approximate surface area is 417 Å². The molecule has 0 unspecified atom stereocenters. The summed E-state index contributed by atoms with van der Waals surface area (Å²) in [6.45, 7) is 6.60. The van der Waals surface area contributed by atoms with Gasteiger partial charge in [-0.3, -0.25) is 14.4 Å². The molecule has 1 aliphatic heterocycles. The van der Waals surface area contributed by atoms with E-state index in [0.29, 0.717) is 12.8 Å². The van der Waals surface area contributed by atoms with Crippen molar-refractivity contribution in [2.75, 3.05) is 13.2 Å². The Morgan fingerprint density at radius 2 is 1.16 bits per heavy atom. The Balaban J connectivity index is 2.37. The number of carbonyl (C=O) groups is 6. The summed E-state index contributed by atoms with van der Waals surface area (Å²) in [7, 11) is 0. The molecule has 0 aliphatic carbocycles. The zero-order chi connectivity index (χ0) is 51.4. The first-order chi connectivity index (χ1) is 33.7. The fourth-order valence-electron chi connectivity index (χ4n) is 8.68. The fourth-order valence-corrected chi connectivity index (χ4v) is 8.68. The molecule has 7 atom stereocenters. The van der Waals surface area contributed by atoms with Gasteiger partial charge in [0.2, 0.25) is 11.7 Å². The molecule has 16 nitrogen and oxygen atoms in total. The number of benzene rings is 1. The van der Waals surface area contributed by atoms with E-state index in [2.05, 4.69) is 19.2 Å². The Hall–Kier alpha value is -4.70. The van der Waals surface area contributed by atoms with Crippen molar-refractivity contribution in [2.24, 2.45) is 0 Å². The van der Waals surface area contributed by atoms with Gasteiger partial charge in [-0.05, 0) is 44.4 Å². The lowest BCUT2D eigenvalue weighted by Crippen LogP contribution is -2.68. The van der Waals surface area contributed by atoms with Crippen LogP contribution >= 0.6 is 0 Å². The monoisotopic (exact) mass is 990 g/mol. The van der Waals surface area contributed by atoms with Crippen molar-refractivity contribution in [3.8, 4) is 0 Å². The lowest BCUT2D eigenvalue weighted by molar-refractivity contribution is -0.359. The van der Waals surface area contributed by atoms with Gasteiger partial charge in [-0.1, -0.05) is 179 Å². The van der Waals surface area contributed by atoms with E-state index in [0.717, 1.165) is 58.8 Å². The highest BCUT2D eigenvalue weighted by molar-refractivity contribution is 5.89. The van der Waals surface area contributed by atoms with Gasteiger partial charge in [-0.15, -0.1) is 0 Å². The Morgan fingerprint density at radius 3 is 1.64 bits per heavy atom. The summed E-state index contributed by atoms with van der Waals surface area (Å²) in [5.74, 6) is -4.94. The van der Waals surface area contributed by atoms with Gasteiger partial charge >= 0.3 is 30.2 Å². The Bertz CT molecular complexity index is 1660. The molecule has 70 heavy (non-hydrogen) atoms. The molecular weight excluding hydrogens is 903 g/mol. The summed E-state index contributed by atoms with van der Waals surface area (Å²) < 4.78 is 39.6. The number of hydrogen-bond donors (Lipinski definition) is 3. The minimum absolute atomic E-state index is 0.178. The van der Waals surface area contributed by atoms with Gasteiger partial charge in [0, 0.05) is 20.3 Å². The number of ether oxygens (including phenoxy) is 7. The topological polar surface area (TPSA) is 220 Å². The minimum atomic E-state index is -2.14. The maximum atomic E-state index is 13.8. The molecule has 1 aromatic rings. The number of esters is 3. The normalized spacial score (nSPS) is 19.7. The van der Waals surface area contributed by atoms with Gasteiger partial charge in [0.1, 0.15) is 18.8 Å². The predicted molar refractivity (Wildman–Crippen MR) is 265 cm³/mol. The molecule has 0 bridgehead atoms. The third kappa shape index (κ3) is 27.1. The molecule has 1 aliphatic rings. The lowest BCUT2D eigenvalue weighted by atomic mass is 9.92.